The Labute approximate surface area is 134 Å². The summed E-state index contributed by atoms with van der Waals surface area (Å²) >= 11 is 5.90. The zero-order valence-electron chi connectivity index (χ0n) is 12.3. The lowest BCUT2D eigenvalue weighted by Crippen LogP contribution is -2.09. The van der Waals surface area contributed by atoms with Crippen LogP contribution in [-0.4, -0.2) is 20.1 Å². The number of carbonyl (C=O) groups is 1. The number of amides is 1. The molecule has 0 aliphatic rings. The molecule has 0 saturated heterocycles. The van der Waals surface area contributed by atoms with Gasteiger partial charge in [-0.25, -0.2) is 0 Å². The van der Waals surface area contributed by atoms with Crippen molar-refractivity contribution in [3.05, 3.63) is 59.1 Å². The minimum absolute atomic E-state index is 0.272. The summed E-state index contributed by atoms with van der Waals surface area (Å²) in [5.41, 5.74) is 1.39. The zero-order chi connectivity index (χ0) is 15.9. The summed E-state index contributed by atoms with van der Waals surface area (Å²) in [6, 6.07) is 12.4. The number of nitrogens with one attached hydrogen (secondary N) is 1. The second-order valence-corrected chi connectivity index (χ2v) is 4.88. The molecule has 0 heterocycles. The summed E-state index contributed by atoms with van der Waals surface area (Å²) < 4.78 is 10.4. The maximum absolute atomic E-state index is 12.0. The quantitative estimate of drug-likeness (QED) is 0.848. The molecule has 114 valence electrons. The number of rotatable bonds is 5. The molecule has 2 aromatic rings. The molecule has 0 aliphatic heterocycles. The minimum atomic E-state index is -0.272. The lowest BCUT2D eigenvalue weighted by atomic mass is 10.2. The van der Waals surface area contributed by atoms with Gasteiger partial charge < -0.3 is 14.8 Å². The molecular formula is C17H16ClNO3. The van der Waals surface area contributed by atoms with Crippen molar-refractivity contribution >= 4 is 29.3 Å². The van der Waals surface area contributed by atoms with E-state index in [0.29, 0.717) is 22.2 Å². The number of methoxy groups -OCH3 is 2. The second kappa shape index (κ2) is 7.52. The predicted octanol–water partition coefficient (Wildman–Crippen LogP) is 4.01. The first-order chi connectivity index (χ1) is 10.6. The molecule has 0 atom stereocenters. The van der Waals surface area contributed by atoms with Crippen molar-refractivity contribution in [1.82, 2.24) is 0 Å². The van der Waals surface area contributed by atoms with Crippen LogP contribution in [-0.2, 0) is 4.79 Å². The normalized spacial score (nSPS) is 10.5. The summed E-state index contributed by atoms with van der Waals surface area (Å²) in [6.45, 7) is 0. The van der Waals surface area contributed by atoms with Crippen LogP contribution in [0.25, 0.3) is 6.08 Å². The SMILES string of the molecule is COc1ccc(OC)c(NC(=O)C=Cc2cccc(Cl)c2)c1. The molecule has 0 saturated carbocycles. The van der Waals surface area contributed by atoms with Gasteiger partial charge in [0.2, 0.25) is 5.91 Å². The Bertz CT molecular complexity index is 698. The van der Waals surface area contributed by atoms with E-state index in [2.05, 4.69) is 5.32 Å². The number of benzene rings is 2. The molecule has 0 spiro atoms. The number of hydrogen-bond acceptors (Lipinski definition) is 3. The Morgan fingerprint density at radius 2 is 1.95 bits per heavy atom. The molecule has 5 heteroatoms. The fraction of sp³-hybridized carbons (Fsp3) is 0.118. The van der Waals surface area contributed by atoms with Crippen LogP contribution >= 0.6 is 11.6 Å². The molecule has 0 unspecified atom stereocenters. The minimum Gasteiger partial charge on any atom is -0.497 e. The van der Waals surface area contributed by atoms with E-state index in [1.54, 1.807) is 50.6 Å². The third-order valence-electron chi connectivity index (χ3n) is 2.94. The molecule has 2 rings (SSSR count). The van der Waals surface area contributed by atoms with Gasteiger partial charge in [0, 0.05) is 17.2 Å². The van der Waals surface area contributed by atoms with Gasteiger partial charge in [0.1, 0.15) is 11.5 Å². The first kappa shape index (κ1) is 15.9. The summed E-state index contributed by atoms with van der Waals surface area (Å²) in [6.07, 6.45) is 3.12. The molecule has 0 aliphatic carbocycles. The van der Waals surface area contributed by atoms with Crippen molar-refractivity contribution in [3.63, 3.8) is 0 Å². The Morgan fingerprint density at radius 1 is 1.14 bits per heavy atom. The Hall–Kier alpha value is -2.46. The first-order valence-electron chi connectivity index (χ1n) is 6.59. The van der Waals surface area contributed by atoms with Crippen molar-refractivity contribution in [1.29, 1.82) is 0 Å². The Morgan fingerprint density at radius 3 is 2.64 bits per heavy atom. The van der Waals surface area contributed by atoms with Crippen LogP contribution in [0.1, 0.15) is 5.56 Å². The largest absolute Gasteiger partial charge is 0.497 e. The summed E-state index contributed by atoms with van der Waals surface area (Å²) in [5.74, 6) is 0.923. The van der Waals surface area contributed by atoms with Crippen LogP contribution in [0, 0.1) is 0 Å². The Balaban J connectivity index is 2.11. The van der Waals surface area contributed by atoms with Crippen molar-refractivity contribution in [2.24, 2.45) is 0 Å². The van der Waals surface area contributed by atoms with E-state index >= 15 is 0 Å². The summed E-state index contributed by atoms with van der Waals surface area (Å²) in [4.78, 5) is 12.0. The maximum atomic E-state index is 12.0. The fourth-order valence-corrected chi connectivity index (χ4v) is 2.07. The van der Waals surface area contributed by atoms with Crippen LogP contribution in [0.3, 0.4) is 0 Å². The number of halogens is 1. The van der Waals surface area contributed by atoms with Gasteiger partial charge in [0.05, 0.1) is 19.9 Å². The van der Waals surface area contributed by atoms with Crippen molar-refractivity contribution in [2.75, 3.05) is 19.5 Å². The summed E-state index contributed by atoms with van der Waals surface area (Å²) in [5, 5.41) is 3.38. The van der Waals surface area contributed by atoms with Gasteiger partial charge in [0.25, 0.3) is 0 Å². The second-order valence-electron chi connectivity index (χ2n) is 4.44. The van der Waals surface area contributed by atoms with Crippen molar-refractivity contribution in [3.8, 4) is 11.5 Å². The number of carbonyl (C=O) groups excluding carboxylic acids is 1. The number of ether oxygens (including phenoxy) is 2. The van der Waals surface area contributed by atoms with Crippen LogP contribution in [0.15, 0.2) is 48.5 Å². The van der Waals surface area contributed by atoms with Gasteiger partial charge >= 0.3 is 0 Å². The van der Waals surface area contributed by atoms with Gasteiger partial charge in [-0.2, -0.15) is 0 Å². The van der Waals surface area contributed by atoms with Gasteiger partial charge in [-0.15, -0.1) is 0 Å². The summed E-state index contributed by atoms with van der Waals surface area (Å²) in [7, 11) is 3.10. The van der Waals surface area contributed by atoms with Crippen LogP contribution in [0.2, 0.25) is 5.02 Å². The van der Waals surface area contributed by atoms with E-state index < -0.39 is 0 Å². The average Bonchev–Trinajstić information content (AvgIpc) is 2.53. The van der Waals surface area contributed by atoms with Crippen LogP contribution in [0.5, 0.6) is 11.5 Å². The molecule has 0 bridgehead atoms. The zero-order valence-corrected chi connectivity index (χ0v) is 13.1. The van der Waals surface area contributed by atoms with E-state index in [1.165, 1.54) is 6.08 Å². The van der Waals surface area contributed by atoms with E-state index in [-0.39, 0.29) is 5.91 Å². The Kier molecular flexibility index (Phi) is 5.44. The van der Waals surface area contributed by atoms with Gasteiger partial charge in [-0.1, -0.05) is 23.7 Å². The maximum Gasteiger partial charge on any atom is 0.248 e. The molecule has 0 aromatic heterocycles. The van der Waals surface area contributed by atoms with Gasteiger partial charge in [-0.05, 0) is 35.9 Å². The van der Waals surface area contributed by atoms with Gasteiger partial charge in [-0.3, -0.25) is 4.79 Å². The highest BCUT2D eigenvalue weighted by molar-refractivity contribution is 6.30. The van der Waals surface area contributed by atoms with Crippen LogP contribution < -0.4 is 14.8 Å². The molecule has 2 aromatic carbocycles. The molecular weight excluding hydrogens is 302 g/mol. The average molecular weight is 318 g/mol. The van der Waals surface area contributed by atoms with E-state index in [4.69, 9.17) is 21.1 Å². The lowest BCUT2D eigenvalue weighted by Gasteiger charge is -2.10. The molecule has 0 radical (unpaired) electrons. The number of anilines is 1. The molecule has 1 amide bonds. The molecule has 4 nitrogen and oxygen atoms in total. The molecule has 1 N–H and O–H groups in total. The highest BCUT2D eigenvalue weighted by atomic mass is 35.5. The lowest BCUT2D eigenvalue weighted by molar-refractivity contribution is -0.111. The first-order valence-corrected chi connectivity index (χ1v) is 6.97. The molecule has 22 heavy (non-hydrogen) atoms. The third-order valence-corrected chi connectivity index (χ3v) is 3.18. The van der Waals surface area contributed by atoms with Crippen molar-refractivity contribution < 1.29 is 14.3 Å². The predicted molar refractivity (Wildman–Crippen MR) is 88.7 cm³/mol. The van der Waals surface area contributed by atoms with E-state index in [9.17, 15) is 4.79 Å². The van der Waals surface area contributed by atoms with Crippen LogP contribution in [0.4, 0.5) is 5.69 Å². The third kappa shape index (κ3) is 4.27. The number of hydrogen-bond donors (Lipinski definition) is 1. The highest BCUT2D eigenvalue weighted by Gasteiger charge is 2.07. The fourth-order valence-electron chi connectivity index (χ4n) is 1.87. The standard InChI is InChI=1S/C17H16ClNO3/c1-21-14-7-8-16(22-2)15(11-14)19-17(20)9-6-12-4-3-5-13(18)10-12/h3-11H,1-2H3,(H,19,20). The topological polar surface area (TPSA) is 47.6 Å². The van der Waals surface area contributed by atoms with Gasteiger partial charge in [0.15, 0.2) is 0 Å². The molecule has 0 fully saturated rings. The smallest absolute Gasteiger partial charge is 0.248 e. The van der Waals surface area contributed by atoms with E-state index in [0.717, 1.165) is 5.56 Å². The van der Waals surface area contributed by atoms with E-state index in [1.807, 2.05) is 12.1 Å². The highest BCUT2D eigenvalue weighted by Crippen LogP contribution is 2.28. The monoisotopic (exact) mass is 317 g/mol. The van der Waals surface area contributed by atoms with Crippen molar-refractivity contribution in [2.45, 2.75) is 0 Å².